The van der Waals surface area contributed by atoms with Gasteiger partial charge < -0.3 is 4.74 Å². The first-order valence-corrected chi connectivity index (χ1v) is 6.16. The third kappa shape index (κ3) is 1.88. The van der Waals surface area contributed by atoms with Crippen molar-refractivity contribution in [1.82, 2.24) is 0 Å². The molecule has 0 atom stereocenters. The lowest BCUT2D eigenvalue weighted by Crippen LogP contribution is -2.02. The average molecular weight is 279 g/mol. The molecule has 0 radical (unpaired) electrons. The normalized spacial score (nSPS) is 13.3. The molecule has 0 amide bonds. The molecule has 2 aromatic rings. The van der Waals surface area contributed by atoms with Crippen LogP contribution in [0.25, 0.3) is 0 Å². The molecule has 2 aromatic carbocycles. The fraction of sp³-hybridized carbons (Fsp3) is 0.0714. The Hall–Kier alpha value is -1.51. The predicted molar refractivity (Wildman–Crippen MR) is 70.7 cm³/mol. The fourth-order valence-corrected chi connectivity index (χ4v) is 2.34. The lowest BCUT2D eigenvalue weighted by Gasteiger charge is -2.05. The smallest absolute Gasteiger partial charge is 0.197 e. The maximum atomic E-state index is 12.4. The second kappa shape index (κ2) is 4.30. The summed E-state index contributed by atoms with van der Waals surface area (Å²) in [6, 6.07) is 10.3. The van der Waals surface area contributed by atoms with Gasteiger partial charge in [-0.2, -0.15) is 0 Å². The van der Waals surface area contributed by atoms with Crippen molar-refractivity contribution in [1.29, 1.82) is 0 Å². The Labute approximate surface area is 114 Å². The fourth-order valence-electron chi connectivity index (χ4n) is 1.99. The van der Waals surface area contributed by atoms with Gasteiger partial charge in [0.2, 0.25) is 0 Å². The van der Waals surface area contributed by atoms with Crippen molar-refractivity contribution in [2.75, 3.05) is 0 Å². The van der Waals surface area contributed by atoms with Crippen LogP contribution in [0.3, 0.4) is 0 Å². The van der Waals surface area contributed by atoms with Crippen molar-refractivity contribution < 1.29 is 9.53 Å². The van der Waals surface area contributed by atoms with E-state index in [1.165, 1.54) is 0 Å². The highest BCUT2D eigenvalue weighted by Gasteiger charge is 2.22. The van der Waals surface area contributed by atoms with E-state index in [4.69, 9.17) is 27.9 Å². The van der Waals surface area contributed by atoms with Crippen molar-refractivity contribution in [3.8, 4) is 5.75 Å². The summed E-state index contributed by atoms with van der Waals surface area (Å²) in [4.78, 5) is 12.4. The highest BCUT2D eigenvalue weighted by atomic mass is 35.5. The van der Waals surface area contributed by atoms with Gasteiger partial charge in [0.25, 0.3) is 0 Å². The molecule has 0 fully saturated rings. The van der Waals surface area contributed by atoms with Crippen LogP contribution in [0.5, 0.6) is 5.75 Å². The minimum Gasteiger partial charge on any atom is -0.488 e. The highest BCUT2D eigenvalue weighted by molar-refractivity contribution is 6.32. The molecule has 0 aromatic heterocycles. The number of carbonyl (C=O) groups excluding carboxylic acids is 1. The summed E-state index contributed by atoms with van der Waals surface area (Å²) in [5, 5.41) is 1.05. The van der Waals surface area contributed by atoms with E-state index in [0.717, 1.165) is 5.56 Å². The molecule has 0 saturated carbocycles. The molecule has 0 spiro atoms. The minimum atomic E-state index is -0.109. The summed E-state index contributed by atoms with van der Waals surface area (Å²) < 4.78 is 5.62. The lowest BCUT2D eigenvalue weighted by atomic mass is 9.99. The van der Waals surface area contributed by atoms with Gasteiger partial charge in [-0.1, -0.05) is 29.3 Å². The number of hydrogen-bond donors (Lipinski definition) is 0. The van der Waals surface area contributed by atoms with Crippen LogP contribution in [0.4, 0.5) is 0 Å². The number of rotatable bonds is 0. The first-order valence-electron chi connectivity index (χ1n) is 5.40. The molecule has 3 rings (SSSR count). The van der Waals surface area contributed by atoms with E-state index in [1.807, 2.05) is 6.07 Å². The van der Waals surface area contributed by atoms with Crippen LogP contribution >= 0.6 is 23.2 Å². The van der Waals surface area contributed by atoms with Crippen LogP contribution in [-0.4, -0.2) is 5.78 Å². The summed E-state index contributed by atoms with van der Waals surface area (Å²) >= 11 is 11.9. The van der Waals surface area contributed by atoms with Gasteiger partial charge in [-0.15, -0.1) is 0 Å². The second-order valence-corrected chi connectivity index (χ2v) is 4.93. The molecule has 0 unspecified atom stereocenters. The van der Waals surface area contributed by atoms with E-state index in [0.29, 0.717) is 33.5 Å². The summed E-state index contributed by atoms with van der Waals surface area (Å²) in [5.41, 5.74) is 1.88. The largest absolute Gasteiger partial charge is 0.488 e. The summed E-state index contributed by atoms with van der Waals surface area (Å²) in [5.74, 6) is 0.444. The number of fused-ring (bicyclic) bond motifs is 2. The minimum absolute atomic E-state index is 0.109. The van der Waals surface area contributed by atoms with Gasteiger partial charge in [-0.05, 0) is 30.3 Å². The Morgan fingerprint density at radius 3 is 2.39 bits per heavy atom. The van der Waals surface area contributed by atoms with Gasteiger partial charge in [0.1, 0.15) is 12.4 Å². The van der Waals surface area contributed by atoms with Crippen LogP contribution in [0.2, 0.25) is 10.0 Å². The Bertz CT molecular complexity index is 595. The second-order valence-electron chi connectivity index (χ2n) is 4.06. The van der Waals surface area contributed by atoms with E-state index in [9.17, 15) is 4.79 Å². The van der Waals surface area contributed by atoms with Gasteiger partial charge >= 0.3 is 0 Å². The quantitative estimate of drug-likeness (QED) is 0.725. The Morgan fingerprint density at radius 2 is 1.61 bits per heavy atom. The molecule has 1 aliphatic rings. The summed E-state index contributed by atoms with van der Waals surface area (Å²) in [6.45, 7) is 0.354. The number of hydrogen-bond acceptors (Lipinski definition) is 2. The number of ketones is 1. The van der Waals surface area contributed by atoms with Crippen LogP contribution in [0.1, 0.15) is 21.5 Å². The predicted octanol–water partition coefficient (Wildman–Crippen LogP) is 4.12. The molecule has 0 N–H and O–H groups in total. The molecular weight excluding hydrogens is 271 g/mol. The Balaban J connectivity index is 2.22. The first-order chi connectivity index (χ1) is 8.65. The van der Waals surface area contributed by atoms with Crippen molar-refractivity contribution in [3.05, 3.63) is 63.1 Å². The van der Waals surface area contributed by atoms with E-state index >= 15 is 0 Å². The lowest BCUT2D eigenvalue weighted by molar-refractivity contribution is 0.103. The first kappa shape index (κ1) is 11.6. The van der Waals surface area contributed by atoms with Crippen LogP contribution in [0, 0.1) is 0 Å². The van der Waals surface area contributed by atoms with Crippen LogP contribution < -0.4 is 4.74 Å². The summed E-state index contributed by atoms with van der Waals surface area (Å²) in [7, 11) is 0. The van der Waals surface area contributed by atoms with E-state index in [-0.39, 0.29) is 5.78 Å². The zero-order chi connectivity index (χ0) is 12.7. The molecule has 0 saturated heterocycles. The molecule has 0 aliphatic carbocycles. The maximum absolute atomic E-state index is 12.4. The van der Waals surface area contributed by atoms with Crippen molar-refractivity contribution >= 4 is 29.0 Å². The van der Waals surface area contributed by atoms with Crippen molar-refractivity contribution in [3.63, 3.8) is 0 Å². The van der Waals surface area contributed by atoms with E-state index in [2.05, 4.69) is 0 Å². The zero-order valence-corrected chi connectivity index (χ0v) is 10.8. The van der Waals surface area contributed by atoms with Gasteiger partial charge in [0.05, 0.1) is 5.56 Å². The topological polar surface area (TPSA) is 26.3 Å². The molecule has 90 valence electrons. The van der Waals surface area contributed by atoms with Gasteiger partial charge in [0.15, 0.2) is 5.78 Å². The number of benzene rings is 2. The molecule has 2 nitrogen and oxygen atoms in total. The SMILES string of the molecule is O=C1c2cc(Cl)ccc2COc2ccc(Cl)cc21. The third-order valence-electron chi connectivity index (χ3n) is 2.89. The Kier molecular flexibility index (Phi) is 2.77. The van der Waals surface area contributed by atoms with E-state index in [1.54, 1.807) is 30.3 Å². The highest BCUT2D eigenvalue weighted by Crippen LogP contribution is 2.31. The molecule has 0 bridgehead atoms. The van der Waals surface area contributed by atoms with Crippen molar-refractivity contribution in [2.24, 2.45) is 0 Å². The Morgan fingerprint density at radius 1 is 0.944 bits per heavy atom. The van der Waals surface area contributed by atoms with Gasteiger partial charge in [-0.25, -0.2) is 0 Å². The van der Waals surface area contributed by atoms with Crippen molar-refractivity contribution in [2.45, 2.75) is 6.61 Å². The molecule has 1 heterocycles. The number of ether oxygens (including phenoxy) is 1. The standard InChI is InChI=1S/C14H8Cl2O2/c15-9-2-1-8-7-18-13-4-3-10(16)6-12(13)14(17)11(8)5-9/h1-6H,7H2. The molecular formula is C14H8Cl2O2. The van der Waals surface area contributed by atoms with Gasteiger partial charge in [0, 0.05) is 21.2 Å². The van der Waals surface area contributed by atoms with Crippen LogP contribution in [-0.2, 0) is 6.61 Å². The summed E-state index contributed by atoms with van der Waals surface area (Å²) in [6.07, 6.45) is 0. The monoisotopic (exact) mass is 278 g/mol. The van der Waals surface area contributed by atoms with Crippen LogP contribution in [0.15, 0.2) is 36.4 Å². The third-order valence-corrected chi connectivity index (χ3v) is 3.36. The average Bonchev–Trinajstić information content (AvgIpc) is 2.49. The molecule has 18 heavy (non-hydrogen) atoms. The van der Waals surface area contributed by atoms with Gasteiger partial charge in [-0.3, -0.25) is 4.79 Å². The maximum Gasteiger partial charge on any atom is 0.197 e. The zero-order valence-electron chi connectivity index (χ0n) is 9.24. The number of carbonyl (C=O) groups is 1. The molecule has 4 heteroatoms. The van der Waals surface area contributed by atoms with E-state index < -0.39 is 0 Å². The number of halogens is 2. The molecule has 1 aliphatic heterocycles.